The highest BCUT2D eigenvalue weighted by atomic mass is 35.5. The van der Waals surface area contributed by atoms with E-state index in [0.717, 1.165) is 52.1 Å². The predicted molar refractivity (Wildman–Crippen MR) is 173 cm³/mol. The fourth-order valence-electron chi connectivity index (χ4n) is 5.78. The molecule has 0 saturated heterocycles. The zero-order valence-corrected chi connectivity index (χ0v) is 25.5. The maximum Gasteiger partial charge on any atom is 0.271 e. The molecule has 0 spiro atoms. The van der Waals surface area contributed by atoms with E-state index in [-0.39, 0.29) is 11.6 Å². The Kier molecular flexibility index (Phi) is 7.43. The summed E-state index contributed by atoms with van der Waals surface area (Å²) in [5.74, 6) is 1.45. The highest BCUT2D eigenvalue weighted by Gasteiger charge is 2.32. The molecule has 8 heteroatoms. The van der Waals surface area contributed by atoms with Crippen LogP contribution >= 0.6 is 34.5 Å². The molecule has 1 atom stereocenters. The number of rotatable bonds is 6. The van der Waals surface area contributed by atoms with Crippen LogP contribution in [0.5, 0.6) is 11.5 Å². The maximum absolute atomic E-state index is 14.1. The lowest BCUT2D eigenvalue weighted by atomic mass is 9.83. The van der Waals surface area contributed by atoms with Gasteiger partial charge in [0.05, 0.1) is 33.4 Å². The Balaban J connectivity index is 1.30. The number of aromatic nitrogens is 1. The monoisotopic (exact) mass is 624 g/mol. The lowest BCUT2D eigenvalue weighted by molar-refractivity contribution is 0.306. The summed E-state index contributed by atoms with van der Waals surface area (Å²) in [5.41, 5.74) is 7.27. The normalized spacial score (nSPS) is 15.8. The molecular formula is C35H26Cl2N2O3S. The lowest BCUT2D eigenvalue weighted by Crippen LogP contribution is -2.38. The molecule has 7 rings (SSSR count). The van der Waals surface area contributed by atoms with Crippen LogP contribution in [0.2, 0.25) is 10.0 Å². The third-order valence-corrected chi connectivity index (χ3v) is 9.55. The Bertz CT molecular complexity index is 2100. The van der Waals surface area contributed by atoms with Crippen LogP contribution < -0.4 is 24.4 Å². The molecule has 1 aliphatic heterocycles. The van der Waals surface area contributed by atoms with Crippen molar-refractivity contribution >= 4 is 46.3 Å². The second kappa shape index (κ2) is 11.5. The average Bonchev–Trinajstić information content (AvgIpc) is 3.34. The topological polar surface area (TPSA) is 52.8 Å². The quantitative estimate of drug-likeness (QED) is 0.200. The first kappa shape index (κ1) is 27.7. The molecule has 214 valence electrons. The molecular weight excluding hydrogens is 599 g/mol. The molecule has 4 aromatic carbocycles. The maximum atomic E-state index is 14.1. The molecule has 5 aromatic rings. The van der Waals surface area contributed by atoms with Crippen LogP contribution in [0.25, 0.3) is 11.8 Å². The van der Waals surface area contributed by atoms with E-state index in [4.69, 9.17) is 37.7 Å². The minimum absolute atomic E-state index is 0.0656. The number of allylic oxidation sites excluding steroid dienone is 1. The molecule has 2 aliphatic rings. The molecule has 0 fully saturated rings. The minimum atomic E-state index is -0.266. The van der Waals surface area contributed by atoms with Gasteiger partial charge in [-0.1, -0.05) is 89.1 Å². The van der Waals surface area contributed by atoms with Gasteiger partial charge in [0.1, 0.15) is 18.1 Å². The third-order valence-electron chi connectivity index (χ3n) is 7.83. The van der Waals surface area contributed by atoms with Gasteiger partial charge in [0.2, 0.25) is 0 Å². The Labute approximate surface area is 262 Å². The van der Waals surface area contributed by atoms with Crippen molar-refractivity contribution in [3.63, 3.8) is 0 Å². The predicted octanol–water partition coefficient (Wildman–Crippen LogP) is 7.21. The van der Waals surface area contributed by atoms with E-state index in [1.807, 2.05) is 59.2 Å². The van der Waals surface area contributed by atoms with Gasteiger partial charge >= 0.3 is 0 Å². The fourth-order valence-corrected chi connectivity index (χ4v) is 7.10. The zero-order chi connectivity index (χ0) is 29.5. The molecule has 0 saturated carbocycles. The molecule has 0 N–H and O–H groups in total. The number of methoxy groups -OCH3 is 1. The summed E-state index contributed by atoms with van der Waals surface area (Å²) in [6.45, 7) is 0.343. The SMILES string of the molecule is COc1cccc([C@H]2C3=C(N=c4s/c(=C\c5cccc(OCc6ccc(Cl)c(Cl)c6)c5)c(=O)n42)c2ccccc2CC3)c1. The van der Waals surface area contributed by atoms with Crippen LogP contribution in [0.1, 0.15) is 40.3 Å². The Morgan fingerprint density at radius 3 is 2.63 bits per heavy atom. The first-order valence-corrected chi connectivity index (χ1v) is 15.5. The highest BCUT2D eigenvalue weighted by Crippen LogP contribution is 2.41. The number of thiazole rings is 1. The fraction of sp³-hybridized carbons (Fsp3) is 0.143. The molecule has 0 amide bonds. The van der Waals surface area contributed by atoms with E-state index in [0.29, 0.717) is 31.7 Å². The Hall–Kier alpha value is -4.10. The average molecular weight is 626 g/mol. The van der Waals surface area contributed by atoms with Crippen LogP contribution in [0, 0.1) is 0 Å². The van der Waals surface area contributed by atoms with Crippen LogP contribution in [0.15, 0.2) is 106 Å². The number of hydrogen-bond acceptors (Lipinski definition) is 5. The van der Waals surface area contributed by atoms with Crippen molar-refractivity contribution in [2.24, 2.45) is 4.99 Å². The molecule has 1 aliphatic carbocycles. The second-order valence-electron chi connectivity index (χ2n) is 10.5. The van der Waals surface area contributed by atoms with Gasteiger partial charge in [0.25, 0.3) is 5.56 Å². The van der Waals surface area contributed by atoms with E-state index in [9.17, 15) is 4.79 Å². The summed E-state index contributed by atoms with van der Waals surface area (Å²) in [4.78, 5) is 19.9. The number of halogens is 2. The minimum Gasteiger partial charge on any atom is -0.497 e. The number of fused-ring (bicyclic) bond motifs is 3. The first-order chi connectivity index (χ1) is 21.0. The summed E-state index contributed by atoms with van der Waals surface area (Å²) in [7, 11) is 1.66. The number of ether oxygens (including phenoxy) is 2. The van der Waals surface area contributed by atoms with Gasteiger partial charge in [0.15, 0.2) is 4.80 Å². The largest absolute Gasteiger partial charge is 0.497 e. The first-order valence-electron chi connectivity index (χ1n) is 13.9. The summed E-state index contributed by atoms with van der Waals surface area (Å²) >= 11 is 13.6. The molecule has 0 unspecified atom stereocenters. The third kappa shape index (κ3) is 5.31. The highest BCUT2D eigenvalue weighted by molar-refractivity contribution is 7.07. The summed E-state index contributed by atoms with van der Waals surface area (Å²) < 4.78 is 14.1. The molecule has 0 bridgehead atoms. The van der Waals surface area contributed by atoms with Gasteiger partial charge in [-0.25, -0.2) is 4.99 Å². The second-order valence-corrected chi connectivity index (χ2v) is 12.3. The van der Waals surface area contributed by atoms with Gasteiger partial charge in [-0.2, -0.15) is 0 Å². The van der Waals surface area contributed by atoms with E-state index in [1.54, 1.807) is 19.2 Å². The number of hydrogen-bond donors (Lipinski definition) is 0. The molecule has 1 aromatic heterocycles. The van der Waals surface area contributed by atoms with E-state index >= 15 is 0 Å². The van der Waals surface area contributed by atoms with Crippen LogP contribution in [0.3, 0.4) is 0 Å². The smallest absolute Gasteiger partial charge is 0.271 e. The van der Waals surface area contributed by atoms with Crippen LogP contribution in [0.4, 0.5) is 0 Å². The van der Waals surface area contributed by atoms with Crippen molar-refractivity contribution in [2.75, 3.05) is 7.11 Å². The van der Waals surface area contributed by atoms with Gasteiger partial charge < -0.3 is 9.47 Å². The standard InChI is InChI=1S/C35H26Cl2N2O3S/c1-41-25-9-5-8-24(19-25)33-28-14-13-23-7-2-3-11-27(23)32(28)38-35-39(33)34(40)31(43-35)18-21-6-4-10-26(16-21)42-20-22-12-15-29(36)30(37)17-22/h2-12,15-19,33H,13-14,20H2,1H3/b31-18-/t33-/m0/s1. The van der Waals surface area contributed by atoms with Crippen molar-refractivity contribution in [3.05, 3.63) is 154 Å². The van der Waals surface area contributed by atoms with E-state index < -0.39 is 0 Å². The van der Waals surface area contributed by atoms with Crippen molar-refractivity contribution < 1.29 is 9.47 Å². The van der Waals surface area contributed by atoms with Gasteiger partial charge in [-0.15, -0.1) is 0 Å². The van der Waals surface area contributed by atoms with E-state index in [1.165, 1.54) is 16.9 Å². The number of benzene rings is 4. The van der Waals surface area contributed by atoms with Crippen LogP contribution in [-0.2, 0) is 13.0 Å². The molecule has 0 radical (unpaired) electrons. The zero-order valence-electron chi connectivity index (χ0n) is 23.2. The van der Waals surface area contributed by atoms with Crippen molar-refractivity contribution in [2.45, 2.75) is 25.5 Å². The summed E-state index contributed by atoms with van der Waals surface area (Å²) in [6.07, 6.45) is 3.65. The van der Waals surface area contributed by atoms with Gasteiger partial charge in [-0.05, 0) is 83.1 Å². The van der Waals surface area contributed by atoms with Crippen LogP contribution in [-0.4, -0.2) is 11.7 Å². The lowest BCUT2D eigenvalue weighted by Gasteiger charge is -2.31. The number of aryl methyl sites for hydroxylation is 1. The number of nitrogens with zero attached hydrogens (tertiary/aromatic N) is 2. The van der Waals surface area contributed by atoms with Gasteiger partial charge in [-0.3, -0.25) is 9.36 Å². The summed E-state index contributed by atoms with van der Waals surface area (Å²) in [5, 5.41) is 0.997. The van der Waals surface area contributed by atoms with Crippen molar-refractivity contribution in [3.8, 4) is 11.5 Å². The van der Waals surface area contributed by atoms with Gasteiger partial charge in [0, 0.05) is 5.56 Å². The van der Waals surface area contributed by atoms with Crippen molar-refractivity contribution in [1.82, 2.24) is 4.57 Å². The van der Waals surface area contributed by atoms with E-state index in [2.05, 4.69) is 30.3 Å². The molecule has 5 nitrogen and oxygen atoms in total. The summed E-state index contributed by atoms with van der Waals surface area (Å²) in [6, 6.07) is 29.3. The Morgan fingerprint density at radius 1 is 0.930 bits per heavy atom. The Morgan fingerprint density at radius 2 is 1.77 bits per heavy atom. The van der Waals surface area contributed by atoms with Crippen molar-refractivity contribution in [1.29, 1.82) is 0 Å². The molecule has 43 heavy (non-hydrogen) atoms. The molecule has 2 heterocycles.